The zero-order chi connectivity index (χ0) is 13.4. The zero-order valence-corrected chi connectivity index (χ0v) is 10.4. The Kier molecular flexibility index (Phi) is 2.76. The van der Waals surface area contributed by atoms with Crippen LogP contribution >= 0.6 is 0 Å². The molecule has 1 aromatic carbocycles. The third kappa shape index (κ3) is 1.98. The van der Waals surface area contributed by atoms with Crippen molar-refractivity contribution in [2.75, 3.05) is 0 Å². The number of nitrogens with zero attached hydrogens (tertiary/aromatic N) is 3. The van der Waals surface area contributed by atoms with Crippen LogP contribution in [0.4, 0.5) is 4.39 Å². The maximum Gasteiger partial charge on any atom is 0.123 e. The van der Waals surface area contributed by atoms with E-state index in [2.05, 4.69) is 10.1 Å². The van der Waals surface area contributed by atoms with Gasteiger partial charge >= 0.3 is 0 Å². The second-order valence-corrected chi connectivity index (χ2v) is 4.48. The number of aryl methyl sites for hydroxylation is 1. The van der Waals surface area contributed by atoms with Crippen molar-refractivity contribution >= 4 is 5.52 Å². The normalized spacial score (nSPS) is 12.8. The topological polar surface area (TPSA) is 56.2 Å². The predicted octanol–water partition coefficient (Wildman–Crippen LogP) is 2.22. The summed E-state index contributed by atoms with van der Waals surface area (Å²) in [4.78, 5) is 4.08. The maximum absolute atomic E-state index is 13.1. The summed E-state index contributed by atoms with van der Waals surface area (Å²) >= 11 is 0. The van der Waals surface area contributed by atoms with Gasteiger partial charge in [-0.05, 0) is 30.2 Å². The summed E-state index contributed by atoms with van der Waals surface area (Å²) < 4.78 is 14.9. The molecule has 96 valence electrons. The van der Waals surface area contributed by atoms with Crippen LogP contribution < -0.4 is 5.73 Å². The number of hydrogen-bond donors (Lipinski definition) is 1. The first-order chi connectivity index (χ1) is 9.16. The van der Waals surface area contributed by atoms with Gasteiger partial charge in [-0.15, -0.1) is 0 Å². The molecule has 2 aromatic heterocycles. The van der Waals surface area contributed by atoms with Gasteiger partial charge in [-0.1, -0.05) is 6.07 Å². The summed E-state index contributed by atoms with van der Waals surface area (Å²) in [7, 11) is 0. The van der Waals surface area contributed by atoms with Crippen molar-refractivity contribution in [2.24, 2.45) is 5.73 Å². The van der Waals surface area contributed by atoms with Crippen molar-refractivity contribution < 1.29 is 4.39 Å². The summed E-state index contributed by atoms with van der Waals surface area (Å²) in [6, 6.07) is 4.28. The van der Waals surface area contributed by atoms with Crippen molar-refractivity contribution in [3.63, 3.8) is 0 Å². The number of aromatic nitrogens is 3. The fourth-order valence-corrected chi connectivity index (χ4v) is 2.25. The molecule has 0 fully saturated rings. The molecule has 1 atom stereocenters. The van der Waals surface area contributed by atoms with Crippen molar-refractivity contribution in [3.8, 4) is 0 Å². The lowest BCUT2D eigenvalue weighted by molar-refractivity contribution is 0.625. The fourth-order valence-electron chi connectivity index (χ4n) is 2.25. The fraction of sp³-hybridized carbons (Fsp3) is 0.143. The summed E-state index contributed by atoms with van der Waals surface area (Å²) in [5, 5.41) is 4.24. The van der Waals surface area contributed by atoms with Crippen molar-refractivity contribution in [1.82, 2.24) is 14.6 Å². The molecule has 0 radical (unpaired) electrons. The van der Waals surface area contributed by atoms with E-state index in [1.165, 1.54) is 12.1 Å². The van der Waals surface area contributed by atoms with Crippen LogP contribution in [0, 0.1) is 12.7 Å². The van der Waals surface area contributed by atoms with Crippen molar-refractivity contribution in [2.45, 2.75) is 13.0 Å². The third-order valence-electron chi connectivity index (χ3n) is 3.26. The Labute approximate surface area is 109 Å². The van der Waals surface area contributed by atoms with E-state index in [0.29, 0.717) is 0 Å². The van der Waals surface area contributed by atoms with E-state index in [4.69, 9.17) is 5.73 Å². The van der Waals surface area contributed by atoms with Crippen LogP contribution in [0.1, 0.15) is 22.7 Å². The Morgan fingerprint density at radius 1 is 1.26 bits per heavy atom. The highest BCUT2D eigenvalue weighted by atomic mass is 19.1. The highest BCUT2D eigenvalue weighted by molar-refractivity contribution is 5.56. The quantitative estimate of drug-likeness (QED) is 0.765. The molecule has 19 heavy (non-hydrogen) atoms. The SMILES string of the molecule is Cc1cc(F)ccc1C(N)c1cnn2ccncc12. The van der Waals surface area contributed by atoms with Gasteiger partial charge in [0.1, 0.15) is 5.82 Å². The maximum atomic E-state index is 13.1. The Balaban J connectivity index is 2.10. The van der Waals surface area contributed by atoms with E-state index >= 15 is 0 Å². The summed E-state index contributed by atoms with van der Waals surface area (Å²) in [6.07, 6.45) is 6.88. The Bertz CT molecular complexity index is 735. The molecule has 0 aliphatic rings. The van der Waals surface area contributed by atoms with Crippen LogP contribution in [0.2, 0.25) is 0 Å². The number of fused-ring (bicyclic) bond motifs is 1. The van der Waals surface area contributed by atoms with Crippen molar-refractivity contribution in [3.05, 3.63) is 65.5 Å². The first-order valence-electron chi connectivity index (χ1n) is 5.95. The van der Waals surface area contributed by atoms with Gasteiger partial charge in [-0.25, -0.2) is 8.91 Å². The minimum absolute atomic E-state index is 0.255. The molecule has 0 saturated heterocycles. The molecule has 1 unspecified atom stereocenters. The molecule has 0 aliphatic heterocycles. The molecule has 2 N–H and O–H groups in total. The molecular formula is C14H13FN4. The van der Waals surface area contributed by atoms with E-state index in [9.17, 15) is 4.39 Å². The minimum atomic E-state index is -0.345. The van der Waals surface area contributed by atoms with E-state index in [1.807, 2.05) is 6.92 Å². The molecule has 0 spiro atoms. The first-order valence-corrected chi connectivity index (χ1v) is 5.95. The van der Waals surface area contributed by atoms with Gasteiger partial charge in [0.25, 0.3) is 0 Å². The van der Waals surface area contributed by atoms with Gasteiger partial charge in [-0.3, -0.25) is 4.98 Å². The average molecular weight is 256 g/mol. The molecule has 3 rings (SSSR count). The molecule has 0 amide bonds. The van der Waals surface area contributed by atoms with Crippen LogP contribution in [-0.2, 0) is 0 Å². The van der Waals surface area contributed by atoms with Gasteiger partial charge < -0.3 is 5.73 Å². The summed E-state index contributed by atoms with van der Waals surface area (Å²) in [6.45, 7) is 1.85. The van der Waals surface area contributed by atoms with Crippen LogP contribution in [-0.4, -0.2) is 14.6 Å². The second-order valence-electron chi connectivity index (χ2n) is 4.48. The second kappa shape index (κ2) is 4.44. The summed E-state index contributed by atoms with van der Waals surface area (Å²) in [5.41, 5.74) is 9.73. The van der Waals surface area contributed by atoms with E-state index in [1.54, 1.807) is 35.4 Å². The highest BCUT2D eigenvalue weighted by Crippen LogP contribution is 2.25. The van der Waals surface area contributed by atoms with Gasteiger partial charge in [0.05, 0.1) is 24.0 Å². The molecule has 4 nitrogen and oxygen atoms in total. The van der Waals surface area contributed by atoms with Gasteiger partial charge in [-0.2, -0.15) is 5.10 Å². The molecular weight excluding hydrogens is 243 g/mol. The standard InChI is InChI=1S/C14H13FN4/c1-9-6-10(15)2-3-11(9)14(16)12-7-18-19-5-4-17-8-13(12)19/h2-8,14H,16H2,1H3. The van der Waals surface area contributed by atoms with Gasteiger partial charge in [0.2, 0.25) is 0 Å². The third-order valence-corrected chi connectivity index (χ3v) is 3.26. The lowest BCUT2D eigenvalue weighted by Gasteiger charge is -2.13. The van der Waals surface area contributed by atoms with Crippen LogP contribution in [0.25, 0.3) is 5.52 Å². The average Bonchev–Trinajstić information content (AvgIpc) is 2.82. The first kappa shape index (κ1) is 11.8. The number of rotatable bonds is 2. The molecule has 5 heteroatoms. The van der Waals surface area contributed by atoms with Crippen LogP contribution in [0.5, 0.6) is 0 Å². The molecule has 0 saturated carbocycles. The van der Waals surface area contributed by atoms with E-state index in [-0.39, 0.29) is 11.9 Å². The van der Waals surface area contributed by atoms with Gasteiger partial charge in [0.15, 0.2) is 0 Å². The predicted molar refractivity (Wildman–Crippen MR) is 70.2 cm³/mol. The van der Waals surface area contributed by atoms with Gasteiger partial charge in [0, 0.05) is 18.0 Å². The minimum Gasteiger partial charge on any atom is -0.320 e. The smallest absolute Gasteiger partial charge is 0.123 e. The Morgan fingerprint density at radius 3 is 2.89 bits per heavy atom. The number of nitrogens with two attached hydrogens (primary N) is 1. The number of benzene rings is 1. The highest BCUT2D eigenvalue weighted by Gasteiger charge is 2.16. The molecule has 0 aliphatic carbocycles. The molecule has 3 aromatic rings. The van der Waals surface area contributed by atoms with Crippen molar-refractivity contribution in [1.29, 1.82) is 0 Å². The van der Waals surface area contributed by atoms with Crippen LogP contribution in [0.3, 0.4) is 0 Å². The lowest BCUT2D eigenvalue weighted by Crippen LogP contribution is -2.13. The number of halogens is 1. The molecule has 2 heterocycles. The lowest BCUT2D eigenvalue weighted by atomic mass is 9.97. The Morgan fingerprint density at radius 2 is 2.11 bits per heavy atom. The summed E-state index contributed by atoms with van der Waals surface area (Å²) in [5.74, 6) is -0.255. The number of hydrogen-bond acceptors (Lipinski definition) is 3. The molecule has 0 bridgehead atoms. The zero-order valence-electron chi connectivity index (χ0n) is 10.4. The van der Waals surface area contributed by atoms with E-state index < -0.39 is 0 Å². The monoisotopic (exact) mass is 256 g/mol. The Hall–Kier alpha value is -2.27. The van der Waals surface area contributed by atoms with E-state index in [0.717, 1.165) is 22.2 Å². The van der Waals surface area contributed by atoms with Crippen LogP contribution in [0.15, 0.2) is 43.0 Å². The largest absolute Gasteiger partial charge is 0.320 e.